The van der Waals surface area contributed by atoms with E-state index in [-0.39, 0.29) is 18.4 Å². The average Bonchev–Trinajstić information content (AvgIpc) is 2.17. The van der Waals surface area contributed by atoms with Crippen molar-refractivity contribution in [3.63, 3.8) is 0 Å². The second-order valence-electron chi connectivity index (χ2n) is 3.77. The third-order valence-electron chi connectivity index (χ3n) is 2.17. The minimum absolute atomic E-state index is 0.0187. The van der Waals surface area contributed by atoms with Crippen molar-refractivity contribution in [2.75, 3.05) is 18.1 Å². The summed E-state index contributed by atoms with van der Waals surface area (Å²) in [5.41, 5.74) is 0. The van der Waals surface area contributed by atoms with Gasteiger partial charge in [0.1, 0.15) is 0 Å². The SMILES string of the molecule is CCSCCC(=O)N(CCC(=O)O)C(C)C. The summed E-state index contributed by atoms with van der Waals surface area (Å²) in [5.74, 6) is 1.01. The van der Waals surface area contributed by atoms with Crippen LogP contribution in [0.2, 0.25) is 0 Å². The number of rotatable bonds is 8. The smallest absolute Gasteiger partial charge is 0.305 e. The van der Waals surface area contributed by atoms with Crippen LogP contribution >= 0.6 is 11.8 Å². The Hall–Kier alpha value is -0.710. The second kappa shape index (κ2) is 8.44. The molecule has 0 aromatic heterocycles. The molecule has 0 aromatic rings. The fourth-order valence-corrected chi connectivity index (χ4v) is 1.94. The Morgan fingerprint density at radius 2 is 1.94 bits per heavy atom. The van der Waals surface area contributed by atoms with E-state index >= 15 is 0 Å². The molecule has 0 heterocycles. The topological polar surface area (TPSA) is 57.6 Å². The Kier molecular flexibility index (Phi) is 8.07. The zero-order valence-corrected chi connectivity index (χ0v) is 11.0. The Balaban J connectivity index is 4.08. The monoisotopic (exact) mass is 247 g/mol. The van der Waals surface area contributed by atoms with Crippen molar-refractivity contribution in [3.8, 4) is 0 Å². The van der Waals surface area contributed by atoms with Crippen LogP contribution in [-0.2, 0) is 9.59 Å². The summed E-state index contributed by atoms with van der Waals surface area (Å²) in [7, 11) is 0. The van der Waals surface area contributed by atoms with Crippen molar-refractivity contribution < 1.29 is 14.7 Å². The van der Waals surface area contributed by atoms with Gasteiger partial charge in [-0.15, -0.1) is 0 Å². The Morgan fingerprint density at radius 1 is 1.31 bits per heavy atom. The standard InChI is InChI=1S/C11H21NO3S/c1-4-16-8-6-10(13)12(9(2)3)7-5-11(14)15/h9H,4-8H2,1-3H3,(H,14,15). The molecule has 0 aliphatic heterocycles. The third-order valence-corrected chi connectivity index (χ3v) is 3.08. The summed E-state index contributed by atoms with van der Waals surface area (Å²) in [6, 6.07) is 0.0680. The van der Waals surface area contributed by atoms with Gasteiger partial charge in [0.2, 0.25) is 5.91 Å². The largest absolute Gasteiger partial charge is 0.481 e. The van der Waals surface area contributed by atoms with Gasteiger partial charge in [0, 0.05) is 24.8 Å². The van der Waals surface area contributed by atoms with E-state index in [2.05, 4.69) is 6.92 Å². The molecule has 0 fully saturated rings. The van der Waals surface area contributed by atoms with Crippen molar-refractivity contribution >= 4 is 23.6 Å². The van der Waals surface area contributed by atoms with Gasteiger partial charge in [-0.05, 0) is 19.6 Å². The first-order valence-electron chi connectivity index (χ1n) is 5.58. The molecule has 0 unspecified atom stereocenters. The molecule has 0 bridgehead atoms. The highest BCUT2D eigenvalue weighted by molar-refractivity contribution is 7.99. The fourth-order valence-electron chi connectivity index (χ4n) is 1.33. The first-order valence-corrected chi connectivity index (χ1v) is 6.73. The lowest BCUT2D eigenvalue weighted by atomic mass is 10.2. The molecule has 1 amide bonds. The van der Waals surface area contributed by atoms with E-state index < -0.39 is 5.97 Å². The van der Waals surface area contributed by atoms with Gasteiger partial charge >= 0.3 is 5.97 Å². The summed E-state index contributed by atoms with van der Waals surface area (Å²) in [4.78, 5) is 23.9. The van der Waals surface area contributed by atoms with Gasteiger partial charge in [0.15, 0.2) is 0 Å². The number of carboxylic acids is 1. The average molecular weight is 247 g/mol. The number of thioether (sulfide) groups is 1. The lowest BCUT2D eigenvalue weighted by Gasteiger charge is -2.26. The summed E-state index contributed by atoms with van der Waals surface area (Å²) >= 11 is 1.73. The first kappa shape index (κ1) is 15.3. The number of hydrogen-bond donors (Lipinski definition) is 1. The molecule has 0 aliphatic rings. The lowest BCUT2D eigenvalue weighted by molar-refractivity contribution is -0.139. The van der Waals surface area contributed by atoms with Gasteiger partial charge in [-0.3, -0.25) is 9.59 Å². The summed E-state index contributed by atoms with van der Waals surface area (Å²) in [5, 5.41) is 8.60. The van der Waals surface area contributed by atoms with Crippen LogP contribution in [0.5, 0.6) is 0 Å². The molecule has 0 radical (unpaired) electrons. The van der Waals surface area contributed by atoms with Crippen LogP contribution in [0.25, 0.3) is 0 Å². The molecular weight excluding hydrogens is 226 g/mol. The van der Waals surface area contributed by atoms with Crippen molar-refractivity contribution in [2.24, 2.45) is 0 Å². The van der Waals surface area contributed by atoms with E-state index in [1.807, 2.05) is 13.8 Å². The molecule has 0 saturated carbocycles. The zero-order valence-electron chi connectivity index (χ0n) is 10.2. The second-order valence-corrected chi connectivity index (χ2v) is 5.17. The van der Waals surface area contributed by atoms with Crippen LogP contribution in [0.3, 0.4) is 0 Å². The van der Waals surface area contributed by atoms with Crippen LogP contribution < -0.4 is 0 Å². The highest BCUT2D eigenvalue weighted by Gasteiger charge is 2.17. The number of amides is 1. The number of carboxylic acid groups (broad SMARTS) is 1. The maximum atomic E-state index is 11.8. The van der Waals surface area contributed by atoms with Gasteiger partial charge < -0.3 is 10.0 Å². The molecule has 0 atom stereocenters. The van der Waals surface area contributed by atoms with Crippen LogP contribution in [0, 0.1) is 0 Å². The third kappa shape index (κ3) is 6.71. The maximum absolute atomic E-state index is 11.8. The van der Waals surface area contributed by atoms with E-state index in [9.17, 15) is 9.59 Å². The predicted octanol–water partition coefficient (Wildman–Crippen LogP) is 1.84. The van der Waals surface area contributed by atoms with Crippen LogP contribution in [-0.4, -0.2) is 46.0 Å². The van der Waals surface area contributed by atoms with E-state index in [1.54, 1.807) is 16.7 Å². The minimum atomic E-state index is -0.860. The maximum Gasteiger partial charge on any atom is 0.305 e. The van der Waals surface area contributed by atoms with Gasteiger partial charge in [0.05, 0.1) is 6.42 Å². The van der Waals surface area contributed by atoms with Gasteiger partial charge in [-0.2, -0.15) is 11.8 Å². The molecule has 0 rings (SSSR count). The number of carbonyl (C=O) groups excluding carboxylic acids is 1. The van der Waals surface area contributed by atoms with Crippen LogP contribution in [0.15, 0.2) is 0 Å². The number of carbonyl (C=O) groups is 2. The van der Waals surface area contributed by atoms with Crippen molar-refractivity contribution in [3.05, 3.63) is 0 Å². The molecule has 0 saturated heterocycles. The predicted molar refractivity (Wildman–Crippen MR) is 66.7 cm³/mol. The summed E-state index contributed by atoms with van der Waals surface area (Å²) in [6.45, 7) is 6.18. The van der Waals surface area contributed by atoms with Crippen molar-refractivity contribution in [1.29, 1.82) is 0 Å². The minimum Gasteiger partial charge on any atom is -0.481 e. The summed E-state index contributed by atoms with van der Waals surface area (Å²) in [6.07, 6.45) is 0.515. The highest BCUT2D eigenvalue weighted by Crippen LogP contribution is 2.07. The normalized spacial score (nSPS) is 10.5. The molecule has 94 valence electrons. The zero-order chi connectivity index (χ0) is 12.6. The number of hydrogen-bond acceptors (Lipinski definition) is 3. The molecular formula is C11H21NO3S. The first-order chi connectivity index (χ1) is 7.49. The van der Waals surface area contributed by atoms with Crippen molar-refractivity contribution in [2.45, 2.75) is 39.7 Å². The molecule has 0 aromatic carbocycles. The summed E-state index contributed by atoms with van der Waals surface area (Å²) < 4.78 is 0. The molecule has 0 spiro atoms. The molecule has 16 heavy (non-hydrogen) atoms. The fraction of sp³-hybridized carbons (Fsp3) is 0.818. The Bertz CT molecular complexity index is 231. The molecule has 5 heteroatoms. The number of aliphatic carboxylic acids is 1. The lowest BCUT2D eigenvalue weighted by Crippen LogP contribution is -2.38. The van der Waals surface area contributed by atoms with E-state index in [1.165, 1.54) is 0 Å². The van der Waals surface area contributed by atoms with E-state index in [0.29, 0.717) is 13.0 Å². The van der Waals surface area contributed by atoms with Crippen LogP contribution in [0.4, 0.5) is 0 Å². The number of nitrogens with zero attached hydrogens (tertiary/aromatic N) is 1. The molecule has 1 N–H and O–H groups in total. The quantitative estimate of drug-likeness (QED) is 0.665. The molecule has 4 nitrogen and oxygen atoms in total. The van der Waals surface area contributed by atoms with E-state index in [4.69, 9.17) is 5.11 Å². The molecule has 0 aliphatic carbocycles. The van der Waals surface area contributed by atoms with Gasteiger partial charge in [-0.1, -0.05) is 6.92 Å². The Labute approximate surface area is 101 Å². The van der Waals surface area contributed by atoms with Gasteiger partial charge in [-0.25, -0.2) is 0 Å². The van der Waals surface area contributed by atoms with E-state index in [0.717, 1.165) is 11.5 Å². The van der Waals surface area contributed by atoms with Gasteiger partial charge in [0.25, 0.3) is 0 Å². The Morgan fingerprint density at radius 3 is 2.38 bits per heavy atom. The highest BCUT2D eigenvalue weighted by atomic mass is 32.2. The van der Waals surface area contributed by atoms with Crippen LogP contribution in [0.1, 0.15) is 33.6 Å². The van der Waals surface area contributed by atoms with Crippen molar-refractivity contribution in [1.82, 2.24) is 4.90 Å².